The number of carboxylic acids is 1. The molecule has 1 atom stereocenters. The molecule has 154 valence electrons. The van der Waals surface area contributed by atoms with Gasteiger partial charge in [-0.1, -0.05) is 6.07 Å². The highest BCUT2D eigenvalue weighted by molar-refractivity contribution is 5.93. The average molecular weight is 410 g/mol. The van der Waals surface area contributed by atoms with Crippen molar-refractivity contribution in [2.45, 2.75) is 25.2 Å². The topological polar surface area (TPSA) is 71.5 Å². The van der Waals surface area contributed by atoms with Crippen LogP contribution in [0.15, 0.2) is 54.9 Å². The molecule has 1 unspecified atom stereocenters. The van der Waals surface area contributed by atoms with E-state index in [1.54, 1.807) is 6.07 Å². The maximum absolute atomic E-state index is 13.9. The van der Waals surface area contributed by atoms with Gasteiger partial charge in [-0.15, -0.1) is 0 Å². The van der Waals surface area contributed by atoms with Gasteiger partial charge >= 0.3 is 5.97 Å². The van der Waals surface area contributed by atoms with Gasteiger partial charge in [0.15, 0.2) is 11.6 Å². The highest BCUT2D eigenvalue weighted by Gasteiger charge is 2.22. The molecular formula is C23H20F2N2O3. The van der Waals surface area contributed by atoms with Gasteiger partial charge in [-0.05, 0) is 60.7 Å². The Balaban J connectivity index is 1.50. The molecule has 1 aromatic heterocycles. The molecule has 0 radical (unpaired) electrons. The van der Waals surface area contributed by atoms with Crippen LogP contribution in [0.5, 0.6) is 11.5 Å². The van der Waals surface area contributed by atoms with Gasteiger partial charge in [0, 0.05) is 24.7 Å². The van der Waals surface area contributed by atoms with Crippen LogP contribution in [0.1, 0.15) is 40.2 Å². The average Bonchev–Trinajstić information content (AvgIpc) is 2.74. The highest BCUT2D eigenvalue weighted by Crippen LogP contribution is 2.35. The number of carboxylic acid groups (broad SMARTS) is 1. The number of halogens is 2. The summed E-state index contributed by atoms with van der Waals surface area (Å²) in [5, 5.41) is 12.5. The Morgan fingerprint density at radius 2 is 2.07 bits per heavy atom. The number of hydrogen-bond acceptors (Lipinski definition) is 4. The molecule has 0 spiro atoms. The van der Waals surface area contributed by atoms with Gasteiger partial charge in [0.2, 0.25) is 0 Å². The smallest absolute Gasteiger partial charge is 0.337 e. The van der Waals surface area contributed by atoms with Crippen molar-refractivity contribution in [3.8, 4) is 11.5 Å². The maximum atomic E-state index is 13.9. The maximum Gasteiger partial charge on any atom is 0.337 e. The minimum absolute atomic E-state index is 0.0249. The summed E-state index contributed by atoms with van der Waals surface area (Å²) >= 11 is 0. The first-order valence-corrected chi connectivity index (χ1v) is 9.68. The normalized spacial score (nSPS) is 15.3. The van der Waals surface area contributed by atoms with Crippen molar-refractivity contribution in [1.29, 1.82) is 0 Å². The fraction of sp³-hybridized carbons (Fsp3) is 0.217. The molecule has 4 rings (SSSR count). The van der Waals surface area contributed by atoms with Crippen LogP contribution in [0, 0.1) is 11.6 Å². The summed E-state index contributed by atoms with van der Waals surface area (Å²) in [5.41, 5.74) is 2.94. The Kier molecular flexibility index (Phi) is 5.61. The zero-order valence-corrected chi connectivity index (χ0v) is 16.1. The fourth-order valence-corrected chi connectivity index (χ4v) is 3.81. The number of anilines is 1. The SMILES string of the molecule is O=C(O)c1ccncc1NCC1CCCc2cc(Oc3ccc(F)cc3F)ccc21. The fourth-order valence-electron chi connectivity index (χ4n) is 3.81. The van der Waals surface area contributed by atoms with Crippen LogP contribution in [-0.4, -0.2) is 22.6 Å². The van der Waals surface area contributed by atoms with E-state index in [4.69, 9.17) is 4.74 Å². The lowest BCUT2D eigenvalue weighted by atomic mass is 9.82. The Labute approximate surface area is 172 Å². The molecule has 0 fully saturated rings. The molecule has 3 aromatic rings. The molecular weight excluding hydrogens is 390 g/mol. The summed E-state index contributed by atoms with van der Waals surface area (Å²) in [6, 6.07) is 10.3. The number of aromatic nitrogens is 1. The van der Waals surface area contributed by atoms with Crippen molar-refractivity contribution in [3.05, 3.63) is 83.2 Å². The van der Waals surface area contributed by atoms with Crippen LogP contribution in [-0.2, 0) is 6.42 Å². The standard InChI is InChI=1S/C23H20F2N2O3/c24-16-4-7-22(20(25)11-16)30-17-5-6-18-14(10-17)2-1-3-15(18)12-27-21-13-26-9-8-19(21)23(28)29/h4-11,13,15,27H,1-3,12H2,(H,28,29). The molecule has 30 heavy (non-hydrogen) atoms. The molecule has 7 heteroatoms. The summed E-state index contributed by atoms with van der Waals surface area (Å²) in [7, 11) is 0. The van der Waals surface area contributed by atoms with E-state index < -0.39 is 17.6 Å². The molecule has 5 nitrogen and oxygen atoms in total. The number of carbonyl (C=O) groups is 1. The monoisotopic (exact) mass is 410 g/mol. The van der Waals surface area contributed by atoms with Crippen LogP contribution in [0.2, 0.25) is 0 Å². The van der Waals surface area contributed by atoms with Gasteiger partial charge < -0.3 is 15.2 Å². The number of nitrogens with zero attached hydrogens (tertiary/aromatic N) is 1. The number of aromatic carboxylic acids is 1. The summed E-state index contributed by atoms with van der Waals surface area (Å²) in [5.74, 6) is -1.73. The zero-order valence-electron chi connectivity index (χ0n) is 16.1. The third-order valence-electron chi connectivity index (χ3n) is 5.27. The van der Waals surface area contributed by atoms with Crippen LogP contribution in [0.4, 0.5) is 14.5 Å². The predicted molar refractivity (Wildman–Crippen MR) is 108 cm³/mol. The molecule has 2 aromatic carbocycles. The van der Waals surface area contributed by atoms with Gasteiger partial charge in [-0.25, -0.2) is 13.6 Å². The van der Waals surface area contributed by atoms with Gasteiger partial charge in [0.1, 0.15) is 11.6 Å². The van der Waals surface area contributed by atoms with Crippen LogP contribution >= 0.6 is 0 Å². The van der Waals surface area contributed by atoms with Crippen molar-refractivity contribution in [3.63, 3.8) is 0 Å². The molecule has 1 heterocycles. The van der Waals surface area contributed by atoms with E-state index in [0.717, 1.165) is 42.5 Å². The van der Waals surface area contributed by atoms with E-state index in [2.05, 4.69) is 10.3 Å². The lowest BCUT2D eigenvalue weighted by molar-refractivity contribution is 0.0697. The van der Waals surface area contributed by atoms with Gasteiger partial charge in [-0.2, -0.15) is 0 Å². The lowest BCUT2D eigenvalue weighted by Gasteiger charge is -2.27. The van der Waals surface area contributed by atoms with Gasteiger partial charge in [-0.3, -0.25) is 4.98 Å². The van der Waals surface area contributed by atoms with Crippen LogP contribution in [0.25, 0.3) is 0 Å². The number of benzene rings is 2. The molecule has 0 saturated heterocycles. The van der Waals surface area contributed by atoms with Crippen molar-refractivity contribution < 1.29 is 23.4 Å². The molecule has 1 aliphatic rings. The number of nitrogens with one attached hydrogen (secondary N) is 1. The van der Waals surface area contributed by atoms with Crippen LogP contribution in [0.3, 0.4) is 0 Å². The van der Waals surface area contributed by atoms with E-state index in [0.29, 0.717) is 18.0 Å². The number of rotatable bonds is 6. The number of ether oxygens (including phenoxy) is 1. The molecule has 0 bridgehead atoms. The molecule has 0 amide bonds. The Bertz CT molecular complexity index is 1090. The Morgan fingerprint density at radius 1 is 1.20 bits per heavy atom. The van der Waals surface area contributed by atoms with Crippen molar-refractivity contribution in [2.75, 3.05) is 11.9 Å². The second-order valence-corrected chi connectivity index (χ2v) is 7.23. The summed E-state index contributed by atoms with van der Waals surface area (Å²) < 4.78 is 32.6. The quantitative estimate of drug-likeness (QED) is 0.571. The third kappa shape index (κ3) is 4.25. The van der Waals surface area contributed by atoms with Gasteiger partial charge in [0.05, 0.1) is 17.4 Å². The van der Waals surface area contributed by atoms with E-state index >= 15 is 0 Å². The van der Waals surface area contributed by atoms with Gasteiger partial charge in [0.25, 0.3) is 0 Å². The first-order chi connectivity index (χ1) is 14.5. The van der Waals surface area contributed by atoms with E-state index in [1.807, 2.05) is 12.1 Å². The minimum atomic E-state index is -1.00. The van der Waals surface area contributed by atoms with E-state index in [1.165, 1.54) is 24.5 Å². The second-order valence-electron chi connectivity index (χ2n) is 7.23. The van der Waals surface area contributed by atoms with E-state index in [-0.39, 0.29) is 17.2 Å². The van der Waals surface area contributed by atoms with E-state index in [9.17, 15) is 18.7 Å². The molecule has 0 saturated carbocycles. The number of pyridine rings is 1. The Hall–Kier alpha value is -3.48. The second kappa shape index (κ2) is 8.49. The third-order valence-corrected chi connectivity index (χ3v) is 5.27. The van der Waals surface area contributed by atoms with Crippen molar-refractivity contribution >= 4 is 11.7 Å². The molecule has 2 N–H and O–H groups in total. The van der Waals surface area contributed by atoms with Crippen molar-refractivity contribution in [1.82, 2.24) is 4.98 Å². The predicted octanol–water partition coefficient (Wildman–Crippen LogP) is 5.38. The largest absolute Gasteiger partial charge is 0.478 e. The van der Waals surface area contributed by atoms with Crippen LogP contribution < -0.4 is 10.1 Å². The molecule has 0 aliphatic heterocycles. The number of aryl methyl sites for hydroxylation is 1. The highest BCUT2D eigenvalue weighted by atomic mass is 19.1. The Morgan fingerprint density at radius 3 is 2.87 bits per heavy atom. The minimum Gasteiger partial charge on any atom is -0.478 e. The number of hydrogen-bond donors (Lipinski definition) is 2. The molecule has 1 aliphatic carbocycles. The first-order valence-electron chi connectivity index (χ1n) is 9.68. The first kappa shape index (κ1) is 19.8. The van der Waals surface area contributed by atoms with Crippen molar-refractivity contribution in [2.24, 2.45) is 0 Å². The summed E-state index contributed by atoms with van der Waals surface area (Å²) in [4.78, 5) is 15.4. The summed E-state index contributed by atoms with van der Waals surface area (Å²) in [6.07, 6.45) is 5.79. The number of fused-ring (bicyclic) bond motifs is 1. The zero-order chi connectivity index (χ0) is 21.1. The summed E-state index contributed by atoms with van der Waals surface area (Å²) in [6.45, 7) is 0.575. The lowest BCUT2D eigenvalue weighted by Crippen LogP contribution is -2.19.